The number of ether oxygens (including phenoxy) is 1. The molecule has 14 nitrogen and oxygen atoms in total. The Morgan fingerprint density at radius 2 is 1.13 bits per heavy atom. The van der Waals surface area contributed by atoms with E-state index in [4.69, 9.17) is 10.5 Å². The van der Waals surface area contributed by atoms with Gasteiger partial charge in [0.05, 0.1) is 29.3 Å². The van der Waals surface area contributed by atoms with Crippen molar-refractivity contribution in [2.45, 2.75) is 25.7 Å². The third-order valence-electron chi connectivity index (χ3n) is 9.40. The molecule has 2 aromatic carbocycles. The van der Waals surface area contributed by atoms with Crippen LogP contribution in [0.25, 0.3) is 33.4 Å². The number of halogens is 2. The van der Waals surface area contributed by atoms with Crippen molar-refractivity contribution in [3.63, 3.8) is 0 Å². The van der Waals surface area contributed by atoms with Crippen molar-refractivity contribution in [3.05, 3.63) is 105 Å². The van der Waals surface area contributed by atoms with Crippen molar-refractivity contribution in [2.24, 2.45) is 5.73 Å². The summed E-state index contributed by atoms with van der Waals surface area (Å²) in [5.74, 6) is -0.543. The van der Waals surface area contributed by atoms with Crippen molar-refractivity contribution in [1.82, 2.24) is 39.3 Å². The maximum Gasteiger partial charge on any atom is 0.359 e. The summed E-state index contributed by atoms with van der Waals surface area (Å²) in [6, 6.07) is 19.0. The van der Waals surface area contributed by atoms with Gasteiger partial charge in [0, 0.05) is 73.2 Å². The molecule has 2 aliphatic rings. The molecule has 3 amide bonds. The molecule has 0 bridgehead atoms. The number of rotatable bonds is 6. The van der Waals surface area contributed by atoms with Gasteiger partial charge >= 0.3 is 5.97 Å². The number of hydrogen-bond donors (Lipinski definition) is 1. The van der Waals surface area contributed by atoms with Gasteiger partial charge in [-0.1, -0.05) is 44.0 Å². The molecule has 0 radical (unpaired) electrons. The van der Waals surface area contributed by atoms with Crippen LogP contribution in [0.15, 0.2) is 82.0 Å². The molecular formula is C37H33Br2N9O5. The van der Waals surface area contributed by atoms with Crippen molar-refractivity contribution in [1.29, 1.82) is 0 Å². The lowest BCUT2D eigenvalue weighted by atomic mass is 9.92. The Bertz CT molecular complexity index is 2430. The Balaban J connectivity index is 0.000000164. The van der Waals surface area contributed by atoms with Crippen molar-refractivity contribution in [2.75, 3.05) is 33.3 Å². The third kappa shape index (κ3) is 7.03. The zero-order valence-corrected chi connectivity index (χ0v) is 32.0. The van der Waals surface area contributed by atoms with Crippen LogP contribution in [-0.4, -0.2) is 96.3 Å². The zero-order chi connectivity index (χ0) is 37.6. The van der Waals surface area contributed by atoms with Crippen LogP contribution in [0.3, 0.4) is 0 Å². The smallest absolute Gasteiger partial charge is 0.359 e. The number of fused-ring (bicyclic) bond motifs is 2. The van der Waals surface area contributed by atoms with E-state index in [1.807, 2.05) is 60.7 Å². The van der Waals surface area contributed by atoms with Gasteiger partial charge in [-0.05, 0) is 59.7 Å². The highest BCUT2D eigenvalue weighted by molar-refractivity contribution is 9.10. The fourth-order valence-electron chi connectivity index (χ4n) is 6.38. The number of likely N-dealkylation sites (tertiary alicyclic amines) is 2. The molecule has 53 heavy (non-hydrogen) atoms. The molecule has 0 unspecified atom stereocenters. The molecule has 2 N–H and O–H groups in total. The van der Waals surface area contributed by atoms with Gasteiger partial charge in [-0.2, -0.15) is 10.2 Å². The number of benzene rings is 2. The summed E-state index contributed by atoms with van der Waals surface area (Å²) in [7, 11) is 1.33. The summed E-state index contributed by atoms with van der Waals surface area (Å²) in [6.45, 7) is 5.77. The molecule has 0 aliphatic carbocycles. The third-order valence-corrected chi connectivity index (χ3v) is 10.4. The van der Waals surface area contributed by atoms with E-state index >= 15 is 0 Å². The molecule has 0 spiro atoms. The van der Waals surface area contributed by atoms with E-state index in [0.717, 1.165) is 31.4 Å². The van der Waals surface area contributed by atoms with Crippen LogP contribution in [0, 0.1) is 0 Å². The number of nitrogens with zero attached hydrogens (tertiary/aromatic N) is 8. The van der Waals surface area contributed by atoms with E-state index in [1.165, 1.54) is 7.11 Å². The quantitative estimate of drug-likeness (QED) is 0.223. The number of pyridine rings is 2. The predicted molar refractivity (Wildman–Crippen MR) is 203 cm³/mol. The van der Waals surface area contributed by atoms with E-state index in [2.05, 4.69) is 52.0 Å². The Morgan fingerprint density at radius 3 is 1.53 bits per heavy atom. The molecule has 270 valence electrons. The number of nitrogens with two attached hydrogens (primary N) is 1. The summed E-state index contributed by atoms with van der Waals surface area (Å²) in [6.07, 6.45) is 3.58. The first kappa shape index (κ1) is 35.9. The van der Waals surface area contributed by atoms with Gasteiger partial charge in [-0.15, -0.1) is 0 Å². The minimum absolute atomic E-state index is 0.0654. The number of esters is 1. The van der Waals surface area contributed by atoms with E-state index in [0.29, 0.717) is 48.2 Å². The SMILES string of the molecule is CC(=O)N1CC(c2cnc3c(c2)c(C(N)=O)nn3-c2cccc(Br)c2)C1.COC(=O)c1nn(-c2cccc(Br)c2)c2ncc(C3CN(C(C)=O)C3)cc12. The monoisotopic (exact) mass is 841 g/mol. The maximum atomic E-state index is 12.3. The normalized spacial score (nSPS) is 14.4. The highest BCUT2D eigenvalue weighted by atomic mass is 79.9. The van der Waals surface area contributed by atoms with Gasteiger partial charge in [-0.25, -0.2) is 24.1 Å². The standard InChI is InChI=1S/C19H17BrN4O3.C18H16BrN5O2/c1-11(25)23-9-13(10-23)12-6-16-17(19(26)27-2)22-24(18(16)21-8-12)15-5-3-4-14(20)7-15;1-10(25)23-8-12(9-23)11-5-15-16(17(20)26)22-24(18(15)21-7-11)14-4-2-3-13(19)6-14/h3-8,13H,9-10H2,1-2H3;2-7,12H,8-9H2,1H3,(H2,20,26). The van der Waals surface area contributed by atoms with Gasteiger partial charge in [0.1, 0.15) is 0 Å². The lowest BCUT2D eigenvalue weighted by molar-refractivity contribution is -0.133. The van der Waals surface area contributed by atoms with Crippen LogP contribution in [0.4, 0.5) is 0 Å². The van der Waals surface area contributed by atoms with Gasteiger partial charge < -0.3 is 20.3 Å². The fourth-order valence-corrected chi connectivity index (χ4v) is 7.16. The Labute approximate surface area is 320 Å². The lowest BCUT2D eigenvalue weighted by Gasteiger charge is -2.38. The number of amides is 3. The van der Waals surface area contributed by atoms with Gasteiger partial charge in [0.25, 0.3) is 5.91 Å². The second kappa shape index (κ2) is 14.5. The van der Waals surface area contributed by atoms with Crippen LogP contribution in [0.5, 0.6) is 0 Å². The average Bonchev–Trinajstić information content (AvgIpc) is 3.66. The van der Waals surface area contributed by atoms with Gasteiger partial charge in [-0.3, -0.25) is 14.4 Å². The molecule has 6 heterocycles. The van der Waals surface area contributed by atoms with E-state index in [1.54, 1.807) is 45.4 Å². The molecule has 4 aromatic heterocycles. The highest BCUT2D eigenvalue weighted by Crippen LogP contribution is 2.32. The second-order valence-corrected chi connectivity index (χ2v) is 14.7. The Kier molecular flexibility index (Phi) is 9.83. The summed E-state index contributed by atoms with van der Waals surface area (Å²) < 4.78 is 9.96. The topological polar surface area (TPSA) is 171 Å². The zero-order valence-electron chi connectivity index (χ0n) is 28.9. The number of primary amides is 1. The highest BCUT2D eigenvalue weighted by Gasteiger charge is 2.32. The molecule has 8 rings (SSSR count). The molecular weight excluding hydrogens is 810 g/mol. The average molecular weight is 844 g/mol. The second-order valence-electron chi connectivity index (χ2n) is 12.9. The van der Waals surface area contributed by atoms with E-state index < -0.39 is 11.9 Å². The van der Waals surface area contributed by atoms with Crippen LogP contribution in [-0.2, 0) is 14.3 Å². The summed E-state index contributed by atoms with van der Waals surface area (Å²) in [4.78, 5) is 59.6. The molecule has 16 heteroatoms. The van der Waals surface area contributed by atoms with Crippen molar-refractivity contribution in [3.8, 4) is 11.4 Å². The first-order valence-electron chi connectivity index (χ1n) is 16.6. The largest absolute Gasteiger partial charge is 0.464 e. The number of methoxy groups -OCH3 is 1. The van der Waals surface area contributed by atoms with Crippen LogP contribution >= 0.6 is 31.9 Å². The minimum Gasteiger partial charge on any atom is -0.464 e. The van der Waals surface area contributed by atoms with Gasteiger partial charge in [0.2, 0.25) is 11.8 Å². The number of carbonyl (C=O) groups is 4. The Hall–Kier alpha value is -5.48. The number of carbonyl (C=O) groups excluding carboxylic acids is 4. The Morgan fingerprint density at radius 1 is 0.698 bits per heavy atom. The first-order valence-corrected chi connectivity index (χ1v) is 18.2. The summed E-state index contributed by atoms with van der Waals surface area (Å²) in [5, 5.41) is 10.1. The molecule has 2 saturated heterocycles. The van der Waals surface area contributed by atoms with E-state index in [-0.39, 0.29) is 35.0 Å². The van der Waals surface area contributed by atoms with Crippen LogP contribution < -0.4 is 5.73 Å². The molecule has 6 aromatic rings. The molecule has 0 atom stereocenters. The number of hydrogen-bond acceptors (Lipinski definition) is 9. The first-order chi connectivity index (χ1) is 25.4. The van der Waals surface area contributed by atoms with Gasteiger partial charge in [0.15, 0.2) is 22.7 Å². The van der Waals surface area contributed by atoms with E-state index in [9.17, 15) is 19.2 Å². The summed E-state index contributed by atoms with van der Waals surface area (Å²) >= 11 is 6.89. The minimum atomic E-state index is -0.596. The molecule has 2 aliphatic heterocycles. The van der Waals surface area contributed by atoms with Crippen LogP contribution in [0.2, 0.25) is 0 Å². The lowest BCUT2D eigenvalue weighted by Crippen LogP contribution is -2.47. The van der Waals surface area contributed by atoms with Crippen LogP contribution in [0.1, 0.15) is 57.8 Å². The fraction of sp³-hybridized carbons (Fsp3) is 0.243. The van der Waals surface area contributed by atoms with Crippen molar-refractivity contribution < 1.29 is 23.9 Å². The summed E-state index contributed by atoms with van der Waals surface area (Å²) in [5.41, 5.74) is 10.6. The maximum absolute atomic E-state index is 12.3. The molecule has 2 fully saturated rings. The number of aromatic nitrogens is 6. The predicted octanol–water partition coefficient (Wildman–Crippen LogP) is 5.14. The van der Waals surface area contributed by atoms with Crippen molar-refractivity contribution >= 4 is 77.6 Å². The molecule has 0 saturated carbocycles.